The van der Waals surface area contributed by atoms with E-state index in [1.165, 1.54) is 19.3 Å². The summed E-state index contributed by atoms with van der Waals surface area (Å²) < 4.78 is 1.95. The van der Waals surface area contributed by atoms with E-state index in [4.69, 9.17) is 5.11 Å². The molecule has 0 spiro atoms. The van der Waals surface area contributed by atoms with Gasteiger partial charge in [0.05, 0.1) is 18.3 Å². The first-order chi connectivity index (χ1) is 5.42. The summed E-state index contributed by atoms with van der Waals surface area (Å²) in [6, 6.07) is 2.44. The Labute approximate surface area is 65.7 Å². The van der Waals surface area contributed by atoms with Gasteiger partial charge in [-0.3, -0.25) is 4.68 Å². The van der Waals surface area contributed by atoms with E-state index in [0.717, 1.165) is 5.69 Å². The van der Waals surface area contributed by atoms with Crippen LogP contribution in [-0.2, 0) is 6.61 Å². The summed E-state index contributed by atoms with van der Waals surface area (Å²) >= 11 is 0. The highest BCUT2D eigenvalue weighted by atomic mass is 16.3. The maximum atomic E-state index is 8.91. The zero-order valence-corrected chi connectivity index (χ0v) is 6.40. The summed E-state index contributed by atoms with van der Waals surface area (Å²) in [5.41, 5.74) is 0.940. The van der Waals surface area contributed by atoms with E-state index in [-0.39, 0.29) is 6.61 Å². The van der Waals surface area contributed by atoms with Crippen molar-refractivity contribution in [3.05, 3.63) is 18.0 Å². The molecule has 1 aliphatic carbocycles. The fourth-order valence-electron chi connectivity index (χ4n) is 1.43. The SMILES string of the molecule is OCc1ccnn1C1CCC1. The van der Waals surface area contributed by atoms with Gasteiger partial charge >= 0.3 is 0 Å². The minimum Gasteiger partial charge on any atom is -0.390 e. The third-order valence-corrected chi connectivity index (χ3v) is 2.33. The average Bonchev–Trinajstić information content (AvgIpc) is 2.32. The second-order valence-electron chi connectivity index (χ2n) is 3.01. The Morgan fingerprint density at radius 2 is 2.45 bits per heavy atom. The van der Waals surface area contributed by atoms with Crippen LogP contribution in [-0.4, -0.2) is 14.9 Å². The van der Waals surface area contributed by atoms with E-state index in [1.54, 1.807) is 6.20 Å². The molecule has 1 fully saturated rings. The van der Waals surface area contributed by atoms with E-state index >= 15 is 0 Å². The van der Waals surface area contributed by atoms with Gasteiger partial charge in [0.15, 0.2) is 0 Å². The summed E-state index contributed by atoms with van der Waals surface area (Å²) in [5.74, 6) is 0. The number of hydrogen-bond donors (Lipinski definition) is 1. The maximum absolute atomic E-state index is 8.91. The quantitative estimate of drug-likeness (QED) is 0.689. The Morgan fingerprint density at radius 3 is 3.00 bits per heavy atom. The molecular formula is C8H12N2O. The highest BCUT2D eigenvalue weighted by molar-refractivity contribution is 5.01. The molecule has 1 aromatic rings. The van der Waals surface area contributed by atoms with Crippen molar-refractivity contribution < 1.29 is 5.11 Å². The van der Waals surface area contributed by atoms with E-state index in [0.29, 0.717) is 6.04 Å². The van der Waals surface area contributed by atoms with Crippen molar-refractivity contribution in [2.75, 3.05) is 0 Å². The van der Waals surface area contributed by atoms with Gasteiger partial charge in [-0.2, -0.15) is 5.10 Å². The summed E-state index contributed by atoms with van der Waals surface area (Å²) in [4.78, 5) is 0. The smallest absolute Gasteiger partial charge is 0.0850 e. The first-order valence-corrected chi connectivity index (χ1v) is 4.05. The van der Waals surface area contributed by atoms with Crippen LogP contribution in [0.5, 0.6) is 0 Å². The Morgan fingerprint density at radius 1 is 1.64 bits per heavy atom. The topological polar surface area (TPSA) is 38.1 Å². The van der Waals surface area contributed by atoms with Crippen LogP contribution in [0.4, 0.5) is 0 Å². The predicted octanol–water partition coefficient (Wildman–Crippen LogP) is 1.10. The number of nitrogens with zero attached hydrogens (tertiary/aromatic N) is 2. The first kappa shape index (κ1) is 6.85. The Kier molecular flexibility index (Phi) is 1.66. The summed E-state index contributed by atoms with van der Waals surface area (Å²) in [5, 5.41) is 13.1. The molecule has 2 rings (SSSR count). The van der Waals surface area contributed by atoms with Gasteiger partial charge in [0.1, 0.15) is 0 Å². The van der Waals surface area contributed by atoms with Crippen molar-refractivity contribution in [1.29, 1.82) is 0 Å². The molecule has 1 aliphatic rings. The van der Waals surface area contributed by atoms with Crippen molar-refractivity contribution in [3.8, 4) is 0 Å². The van der Waals surface area contributed by atoms with Crippen LogP contribution in [0.25, 0.3) is 0 Å². The normalized spacial score (nSPS) is 18.3. The van der Waals surface area contributed by atoms with Crippen molar-refractivity contribution >= 4 is 0 Å². The standard InChI is InChI=1S/C8H12N2O/c11-6-8-4-5-9-10(8)7-2-1-3-7/h4-5,7,11H,1-3,6H2. The summed E-state index contributed by atoms with van der Waals surface area (Å²) in [6.07, 6.45) is 5.49. The number of hydrogen-bond acceptors (Lipinski definition) is 2. The maximum Gasteiger partial charge on any atom is 0.0850 e. The molecule has 1 heterocycles. The van der Waals surface area contributed by atoms with Crippen LogP contribution >= 0.6 is 0 Å². The predicted molar refractivity (Wildman–Crippen MR) is 41.0 cm³/mol. The van der Waals surface area contributed by atoms with Crippen LogP contribution in [0.2, 0.25) is 0 Å². The second kappa shape index (κ2) is 2.66. The molecule has 11 heavy (non-hydrogen) atoms. The van der Waals surface area contributed by atoms with Gasteiger partial charge in [-0.1, -0.05) is 0 Å². The van der Waals surface area contributed by atoms with Gasteiger partial charge in [-0.05, 0) is 25.3 Å². The number of aliphatic hydroxyl groups excluding tert-OH is 1. The highest BCUT2D eigenvalue weighted by Gasteiger charge is 2.21. The van der Waals surface area contributed by atoms with Crippen molar-refractivity contribution in [2.45, 2.75) is 31.9 Å². The van der Waals surface area contributed by atoms with Crippen molar-refractivity contribution in [3.63, 3.8) is 0 Å². The lowest BCUT2D eigenvalue weighted by molar-refractivity contribution is 0.233. The Bertz CT molecular complexity index is 240. The van der Waals surface area contributed by atoms with Crippen LogP contribution in [0, 0.1) is 0 Å². The van der Waals surface area contributed by atoms with Crippen LogP contribution in [0.15, 0.2) is 12.3 Å². The lowest BCUT2D eigenvalue weighted by Crippen LogP contribution is -2.20. The van der Waals surface area contributed by atoms with Gasteiger partial charge < -0.3 is 5.11 Å². The van der Waals surface area contributed by atoms with Crippen LogP contribution in [0.3, 0.4) is 0 Å². The highest BCUT2D eigenvalue weighted by Crippen LogP contribution is 2.31. The third-order valence-electron chi connectivity index (χ3n) is 2.33. The molecule has 3 nitrogen and oxygen atoms in total. The Hall–Kier alpha value is -0.830. The lowest BCUT2D eigenvalue weighted by Gasteiger charge is -2.27. The molecule has 0 radical (unpaired) electrons. The molecular weight excluding hydrogens is 140 g/mol. The molecule has 1 aromatic heterocycles. The minimum atomic E-state index is 0.108. The van der Waals surface area contributed by atoms with Crippen LogP contribution in [0.1, 0.15) is 31.0 Å². The first-order valence-electron chi connectivity index (χ1n) is 4.05. The third kappa shape index (κ3) is 1.05. The summed E-state index contributed by atoms with van der Waals surface area (Å²) in [6.45, 7) is 0.108. The monoisotopic (exact) mass is 152 g/mol. The fraction of sp³-hybridized carbons (Fsp3) is 0.625. The van der Waals surface area contributed by atoms with E-state index in [9.17, 15) is 0 Å². The zero-order valence-electron chi connectivity index (χ0n) is 6.40. The molecule has 0 aliphatic heterocycles. The zero-order chi connectivity index (χ0) is 7.68. The lowest BCUT2D eigenvalue weighted by atomic mass is 9.93. The fourth-order valence-corrected chi connectivity index (χ4v) is 1.43. The molecule has 1 saturated carbocycles. The van der Waals surface area contributed by atoms with E-state index in [2.05, 4.69) is 5.10 Å². The summed E-state index contributed by atoms with van der Waals surface area (Å²) in [7, 11) is 0. The Balaban J connectivity index is 2.20. The minimum absolute atomic E-state index is 0.108. The van der Waals surface area contributed by atoms with Gasteiger partial charge in [0, 0.05) is 6.20 Å². The van der Waals surface area contributed by atoms with Gasteiger partial charge in [0.2, 0.25) is 0 Å². The van der Waals surface area contributed by atoms with Crippen LogP contribution < -0.4 is 0 Å². The number of rotatable bonds is 2. The molecule has 1 N–H and O–H groups in total. The van der Waals surface area contributed by atoms with Crippen molar-refractivity contribution in [2.24, 2.45) is 0 Å². The second-order valence-corrected chi connectivity index (χ2v) is 3.01. The largest absolute Gasteiger partial charge is 0.390 e. The number of aliphatic hydroxyl groups is 1. The molecule has 0 aromatic carbocycles. The van der Waals surface area contributed by atoms with E-state index in [1.807, 2.05) is 10.7 Å². The molecule has 0 amide bonds. The van der Waals surface area contributed by atoms with E-state index < -0.39 is 0 Å². The van der Waals surface area contributed by atoms with Gasteiger partial charge in [0.25, 0.3) is 0 Å². The molecule has 0 bridgehead atoms. The molecule has 0 unspecified atom stereocenters. The average molecular weight is 152 g/mol. The number of aromatic nitrogens is 2. The molecule has 0 saturated heterocycles. The van der Waals surface area contributed by atoms with Gasteiger partial charge in [-0.25, -0.2) is 0 Å². The van der Waals surface area contributed by atoms with Gasteiger partial charge in [-0.15, -0.1) is 0 Å². The molecule has 60 valence electrons. The van der Waals surface area contributed by atoms with Crippen molar-refractivity contribution in [1.82, 2.24) is 9.78 Å². The molecule has 0 atom stereocenters. The molecule has 3 heteroatoms.